The molecule has 1 aliphatic heterocycles. The minimum Gasteiger partial charge on any atom is -0.446 e. The highest BCUT2D eigenvalue weighted by Gasteiger charge is 2.76. The van der Waals surface area contributed by atoms with Crippen molar-refractivity contribution in [3.05, 3.63) is 96.6 Å². The number of ether oxygens (including phenoxy) is 2. The molecule has 2 aliphatic rings. The van der Waals surface area contributed by atoms with Crippen LogP contribution in [0.15, 0.2) is 91.0 Å². The molecule has 0 spiro atoms. The Morgan fingerprint density at radius 2 is 1.37 bits per heavy atom. The highest BCUT2D eigenvalue weighted by atomic mass is 31.1. The molecule has 46 heavy (non-hydrogen) atoms. The van der Waals surface area contributed by atoms with Gasteiger partial charge in [0.2, 0.25) is 5.60 Å². The smallest absolute Gasteiger partial charge is 0.356 e. The predicted molar refractivity (Wildman–Crippen MR) is 185 cm³/mol. The first-order valence-electron chi connectivity index (χ1n) is 16.1. The van der Waals surface area contributed by atoms with Crippen molar-refractivity contribution in [1.82, 2.24) is 4.90 Å². The van der Waals surface area contributed by atoms with Gasteiger partial charge in [-0.1, -0.05) is 98.8 Å². The molecule has 1 saturated carbocycles. The maximum Gasteiger partial charge on any atom is 0.356 e. The molecule has 4 aromatic rings. The molecular formula is C39H42NO5P. The molecule has 1 saturated heterocycles. The number of hydrogen-bond donors (Lipinski definition) is 0. The molecule has 0 unspecified atom stereocenters. The van der Waals surface area contributed by atoms with Gasteiger partial charge in [-0.25, -0.2) is 4.79 Å². The molecule has 1 amide bonds. The van der Waals surface area contributed by atoms with Gasteiger partial charge in [-0.05, 0) is 82.7 Å². The van der Waals surface area contributed by atoms with Gasteiger partial charge >= 0.3 is 11.9 Å². The summed E-state index contributed by atoms with van der Waals surface area (Å²) in [5.41, 5.74) is -2.40. The minimum atomic E-state index is -1.40. The summed E-state index contributed by atoms with van der Waals surface area (Å²) >= 11 is 0. The van der Waals surface area contributed by atoms with Crippen LogP contribution < -0.4 is 20.7 Å². The topological polar surface area (TPSA) is 72.9 Å². The molecule has 1 heterocycles. The maximum absolute atomic E-state index is 15.0. The standard InChI is InChI=1S/C39H42NO5P/c1-25(2)40(26(3)4)34(41)33-31(46(28-16-10-8-11-17-28)29-18-12-9-13-19-29)22-21-27-15-14-20-30(32(27)33)44-36(43)39-24-23-38(7,35(42)45-39)37(39,5)6/h8-22,25-26H,23-24H2,1-7H3/t38-,39+/m0/s1. The Morgan fingerprint density at radius 1 is 0.783 bits per heavy atom. The van der Waals surface area contributed by atoms with Crippen LogP contribution in [0, 0.1) is 10.8 Å². The van der Waals surface area contributed by atoms with Gasteiger partial charge in [0.1, 0.15) is 5.75 Å². The molecule has 0 aromatic heterocycles. The lowest BCUT2D eigenvalue weighted by molar-refractivity contribution is -0.176. The maximum atomic E-state index is 15.0. The van der Waals surface area contributed by atoms with Crippen LogP contribution in [0.5, 0.6) is 5.75 Å². The van der Waals surface area contributed by atoms with Gasteiger partial charge < -0.3 is 14.4 Å². The van der Waals surface area contributed by atoms with E-state index < -0.39 is 30.3 Å². The SMILES string of the molecule is CC(C)N(C(=O)c1c(P(c2ccccc2)c2ccccc2)ccc2cccc(OC(=O)[C@@]34CC[C@@](C)(C(=O)O3)C4(C)C)c12)C(C)C. The molecule has 6 rings (SSSR count). The van der Waals surface area contributed by atoms with Crippen molar-refractivity contribution < 1.29 is 23.9 Å². The van der Waals surface area contributed by atoms with E-state index in [0.717, 1.165) is 21.3 Å². The number of rotatable bonds is 8. The Morgan fingerprint density at radius 3 is 1.87 bits per heavy atom. The molecule has 1 aliphatic carbocycles. The number of amides is 1. The monoisotopic (exact) mass is 635 g/mol. The Labute approximate surface area is 272 Å². The zero-order chi connectivity index (χ0) is 33.0. The highest BCUT2D eigenvalue weighted by Crippen LogP contribution is 2.65. The summed E-state index contributed by atoms with van der Waals surface area (Å²) < 4.78 is 12.2. The van der Waals surface area contributed by atoms with Gasteiger partial charge in [-0.2, -0.15) is 0 Å². The second kappa shape index (κ2) is 11.7. The van der Waals surface area contributed by atoms with Crippen LogP contribution in [0.4, 0.5) is 0 Å². The number of nitrogens with zero attached hydrogens (tertiary/aromatic N) is 1. The number of fused-ring (bicyclic) bond motifs is 3. The predicted octanol–water partition coefficient (Wildman–Crippen LogP) is 6.88. The van der Waals surface area contributed by atoms with Crippen molar-refractivity contribution >= 4 is 52.5 Å². The van der Waals surface area contributed by atoms with Gasteiger partial charge in [-0.15, -0.1) is 0 Å². The third-order valence-electron chi connectivity index (χ3n) is 10.4. The van der Waals surface area contributed by atoms with Crippen molar-refractivity contribution in [3.63, 3.8) is 0 Å². The van der Waals surface area contributed by atoms with Crippen molar-refractivity contribution in [2.75, 3.05) is 0 Å². The number of benzene rings is 4. The van der Waals surface area contributed by atoms with E-state index in [2.05, 4.69) is 30.3 Å². The van der Waals surface area contributed by atoms with Crippen molar-refractivity contribution in [2.45, 2.75) is 79.0 Å². The summed E-state index contributed by atoms with van der Waals surface area (Å²) in [6.07, 6.45) is 0.943. The van der Waals surface area contributed by atoms with Crippen LogP contribution in [0.2, 0.25) is 0 Å². The van der Waals surface area contributed by atoms with Crippen LogP contribution in [-0.2, 0) is 14.3 Å². The largest absolute Gasteiger partial charge is 0.446 e. The summed E-state index contributed by atoms with van der Waals surface area (Å²) in [5, 5.41) is 4.48. The summed E-state index contributed by atoms with van der Waals surface area (Å²) in [7, 11) is -1.17. The van der Waals surface area contributed by atoms with Crippen molar-refractivity contribution in [1.29, 1.82) is 0 Å². The van der Waals surface area contributed by atoms with Crippen molar-refractivity contribution in [3.8, 4) is 5.75 Å². The van der Waals surface area contributed by atoms with Crippen LogP contribution >= 0.6 is 7.92 Å². The summed E-state index contributed by atoms with van der Waals surface area (Å²) in [4.78, 5) is 44.1. The van der Waals surface area contributed by atoms with Crippen LogP contribution in [0.3, 0.4) is 0 Å². The van der Waals surface area contributed by atoms with Gasteiger partial charge in [0.15, 0.2) is 0 Å². The lowest BCUT2D eigenvalue weighted by atomic mass is 9.66. The fourth-order valence-corrected chi connectivity index (χ4v) is 9.93. The average Bonchev–Trinajstić information content (AvgIpc) is 3.32. The Balaban J connectivity index is 1.60. The average molecular weight is 636 g/mol. The Hall–Kier alpha value is -4.02. The fourth-order valence-electron chi connectivity index (χ4n) is 7.48. The van der Waals surface area contributed by atoms with Gasteiger partial charge in [0.05, 0.1) is 11.0 Å². The van der Waals surface area contributed by atoms with Gasteiger partial charge in [-0.3, -0.25) is 9.59 Å². The molecular weight excluding hydrogens is 593 g/mol. The van der Waals surface area contributed by atoms with E-state index in [0.29, 0.717) is 23.8 Å². The lowest BCUT2D eigenvalue weighted by Gasteiger charge is -2.35. The van der Waals surface area contributed by atoms with E-state index >= 15 is 0 Å². The number of esters is 2. The Bertz CT molecular complexity index is 1770. The molecule has 2 fully saturated rings. The van der Waals surface area contributed by atoms with E-state index in [1.54, 1.807) is 6.07 Å². The quantitative estimate of drug-likeness (QED) is 0.120. The normalized spacial score (nSPS) is 21.7. The van der Waals surface area contributed by atoms with Gasteiger partial charge in [0.25, 0.3) is 5.91 Å². The fraction of sp³-hybridized carbons (Fsp3) is 0.359. The summed E-state index contributed by atoms with van der Waals surface area (Å²) in [6.45, 7) is 13.8. The van der Waals surface area contributed by atoms with E-state index in [9.17, 15) is 14.4 Å². The summed E-state index contributed by atoms with van der Waals surface area (Å²) in [6, 6.07) is 30.0. The molecule has 4 aromatic carbocycles. The van der Waals surface area contributed by atoms with Crippen LogP contribution in [0.25, 0.3) is 10.8 Å². The molecule has 0 N–H and O–H groups in total. The second-order valence-electron chi connectivity index (χ2n) is 13.8. The molecule has 7 heteroatoms. The number of carbonyl (C=O) groups excluding carboxylic acids is 3. The van der Waals surface area contributed by atoms with E-state index in [-0.39, 0.29) is 29.7 Å². The minimum absolute atomic E-state index is 0.0706. The first-order chi connectivity index (χ1) is 21.8. The van der Waals surface area contributed by atoms with Crippen LogP contribution in [0.1, 0.15) is 71.7 Å². The van der Waals surface area contributed by atoms with E-state index in [4.69, 9.17) is 9.47 Å². The van der Waals surface area contributed by atoms with Crippen LogP contribution in [-0.4, -0.2) is 40.4 Å². The Kier molecular flexibility index (Phi) is 8.09. The molecule has 2 bridgehead atoms. The number of carbonyl (C=O) groups is 3. The third-order valence-corrected chi connectivity index (χ3v) is 12.9. The second-order valence-corrected chi connectivity index (χ2v) is 16.0. The first-order valence-corrected chi connectivity index (χ1v) is 17.4. The van der Waals surface area contributed by atoms with E-state index in [1.165, 1.54) is 0 Å². The third kappa shape index (κ3) is 4.76. The zero-order valence-electron chi connectivity index (χ0n) is 27.7. The first kappa shape index (κ1) is 31.9. The highest BCUT2D eigenvalue weighted by molar-refractivity contribution is 7.80. The number of hydrogen-bond acceptors (Lipinski definition) is 5. The van der Waals surface area contributed by atoms with Crippen molar-refractivity contribution in [2.24, 2.45) is 10.8 Å². The zero-order valence-corrected chi connectivity index (χ0v) is 28.6. The molecule has 238 valence electrons. The van der Waals surface area contributed by atoms with E-state index in [1.807, 2.05) is 108 Å². The molecule has 2 atom stereocenters. The van der Waals surface area contributed by atoms with Gasteiger partial charge in [0, 0.05) is 22.9 Å². The molecule has 6 nitrogen and oxygen atoms in total. The summed E-state index contributed by atoms with van der Waals surface area (Å²) in [5.74, 6) is -0.787. The lowest BCUT2D eigenvalue weighted by Crippen LogP contribution is -2.50. The molecule has 0 radical (unpaired) electrons.